The van der Waals surface area contributed by atoms with Gasteiger partial charge in [0, 0.05) is 5.56 Å². The molecule has 7 heteroatoms. The van der Waals surface area contributed by atoms with Gasteiger partial charge in [-0.1, -0.05) is 117 Å². The van der Waals surface area contributed by atoms with Crippen molar-refractivity contribution < 1.29 is 9.59 Å². The third kappa shape index (κ3) is 6.70. The van der Waals surface area contributed by atoms with E-state index in [0.717, 1.165) is 22.5 Å². The molecule has 2 amide bonds. The molecule has 0 saturated carbocycles. The summed E-state index contributed by atoms with van der Waals surface area (Å²) in [5.41, 5.74) is 4.23. The second-order valence-electron chi connectivity index (χ2n) is 9.63. The Bertz CT molecular complexity index is 1310. The summed E-state index contributed by atoms with van der Waals surface area (Å²) < 4.78 is 2.02. The summed E-state index contributed by atoms with van der Waals surface area (Å²) in [7, 11) is 0. The first-order chi connectivity index (χ1) is 17.3. The molecular weight excluding hydrogens is 468 g/mol. The van der Waals surface area contributed by atoms with Gasteiger partial charge in [-0.15, -0.1) is 10.2 Å². The Morgan fingerprint density at radius 3 is 2.03 bits per heavy atom. The molecule has 4 rings (SSSR count). The molecule has 0 saturated heterocycles. The Morgan fingerprint density at radius 2 is 1.42 bits per heavy atom. The first-order valence-corrected chi connectivity index (χ1v) is 12.9. The highest BCUT2D eigenvalue weighted by atomic mass is 32.2. The fourth-order valence-corrected chi connectivity index (χ4v) is 4.52. The van der Waals surface area contributed by atoms with Gasteiger partial charge in [0.05, 0.1) is 18.7 Å². The number of aromatic nitrogens is 3. The van der Waals surface area contributed by atoms with E-state index in [-0.39, 0.29) is 29.4 Å². The van der Waals surface area contributed by atoms with Crippen LogP contribution in [0.3, 0.4) is 0 Å². The van der Waals surface area contributed by atoms with Gasteiger partial charge < -0.3 is 0 Å². The van der Waals surface area contributed by atoms with Crippen molar-refractivity contribution in [2.75, 3.05) is 5.75 Å². The lowest BCUT2D eigenvalue weighted by Gasteiger charge is -2.19. The van der Waals surface area contributed by atoms with Gasteiger partial charge in [-0.05, 0) is 22.1 Å². The van der Waals surface area contributed by atoms with Crippen LogP contribution >= 0.6 is 11.8 Å². The zero-order chi connectivity index (χ0) is 25.5. The lowest BCUT2D eigenvalue weighted by atomic mass is 9.87. The number of imide groups is 1. The van der Waals surface area contributed by atoms with E-state index < -0.39 is 0 Å². The highest BCUT2D eigenvalue weighted by molar-refractivity contribution is 7.99. The molecule has 0 aliphatic heterocycles. The molecule has 0 spiro atoms. The summed E-state index contributed by atoms with van der Waals surface area (Å²) in [5.74, 6) is 0.127. The van der Waals surface area contributed by atoms with Crippen molar-refractivity contribution in [3.05, 3.63) is 102 Å². The van der Waals surface area contributed by atoms with E-state index in [0.29, 0.717) is 11.7 Å². The Hall–Kier alpha value is -3.71. The Morgan fingerprint density at radius 1 is 0.806 bits per heavy atom. The normalized spacial score (nSPS) is 11.3. The molecule has 184 valence electrons. The summed E-state index contributed by atoms with van der Waals surface area (Å²) >= 11 is 1.27. The van der Waals surface area contributed by atoms with Crippen molar-refractivity contribution in [1.29, 1.82) is 0 Å². The maximum Gasteiger partial charge on any atom is 0.237 e. The first-order valence-electron chi connectivity index (χ1n) is 11.9. The van der Waals surface area contributed by atoms with Crippen LogP contribution in [0.1, 0.15) is 37.5 Å². The zero-order valence-corrected chi connectivity index (χ0v) is 21.6. The molecule has 0 aliphatic carbocycles. The van der Waals surface area contributed by atoms with Crippen LogP contribution in [0.15, 0.2) is 90.1 Å². The molecule has 0 bridgehead atoms. The van der Waals surface area contributed by atoms with Crippen molar-refractivity contribution >= 4 is 23.6 Å². The maximum atomic E-state index is 12.5. The van der Waals surface area contributed by atoms with Crippen LogP contribution in [0.5, 0.6) is 0 Å². The molecule has 1 aromatic heterocycles. The van der Waals surface area contributed by atoms with Gasteiger partial charge >= 0.3 is 0 Å². The Kier molecular flexibility index (Phi) is 8.00. The van der Waals surface area contributed by atoms with Crippen molar-refractivity contribution in [1.82, 2.24) is 20.1 Å². The molecule has 0 fully saturated rings. The molecule has 1 N–H and O–H groups in total. The fraction of sp³-hybridized carbons (Fsp3) is 0.241. The monoisotopic (exact) mass is 498 g/mol. The second-order valence-corrected chi connectivity index (χ2v) is 10.6. The first kappa shape index (κ1) is 25.4. The topological polar surface area (TPSA) is 76.9 Å². The summed E-state index contributed by atoms with van der Waals surface area (Å²) in [4.78, 5) is 24.7. The van der Waals surface area contributed by atoms with Crippen LogP contribution in [0.2, 0.25) is 0 Å². The van der Waals surface area contributed by atoms with Gasteiger partial charge in [-0.2, -0.15) is 0 Å². The van der Waals surface area contributed by atoms with E-state index in [1.807, 2.05) is 53.1 Å². The quantitative estimate of drug-likeness (QED) is 0.335. The number of thioether (sulfide) groups is 1. The van der Waals surface area contributed by atoms with Crippen molar-refractivity contribution in [2.45, 2.75) is 44.3 Å². The molecule has 36 heavy (non-hydrogen) atoms. The number of carbonyl (C=O) groups is 2. The fourth-order valence-electron chi connectivity index (χ4n) is 3.78. The zero-order valence-electron chi connectivity index (χ0n) is 20.8. The molecule has 0 aliphatic rings. The SMILES string of the molecule is CC(C)(C)c1ccc(-c2nnc(SCC(=O)NC(=O)Cc3ccccc3)n2Cc2ccccc2)cc1. The summed E-state index contributed by atoms with van der Waals surface area (Å²) in [6.45, 7) is 7.12. The van der Waals surface area contributed by atoms with E-state index >= 15 is 0 Å². The minimum atomic E-state index is -0.355. The van der Waals surface area contributed by atoms with Crippen molar-refractivity contribution in [3.8, 4) is 11.4 Å². The average molecular weight is 499 g/mol. The number of hydrogen-bond donors (Lipinski definition) is 1. The number of nitrogens with zero attached hydrogens (tertiary/aromatic N) is 3. The molecule has 3 aromatic carbocycles. The van der Waals surface area contributed by atoms with Crippen LogP contribution in [-0.2, 0) is 28.0 Å². The van der Waals surface area contributed by atoms with Crippen molar-refractivity contribution in [2.24, 2.45) is 0 Å². The molecule has 4 aromatic rings. The van der Waals surface area contributed by atoms with E-state index in [2.05, 4.69) is 72.7 Å². The Labute approximate surface area is 216 Å². The van der Waals surface area contributed by atoms with E-state index in [4.69, 9.17) is 0 Å². The highest BCUT2D eigenvalue weighted by Gasteiger charge is 2.19. The van der Waals surface area contributed by atoms with Crippen LogP contribution in [0.25, 0.3) is 11.4 Å². The number of amides is 2. The second kappa shape index (κ2) is 11.4. The van der Waals surface area contributed by atoms with Gasteiger partial charge in [0.1, 0.15) is 0 Å². The summed E-state index contributed by atoms with van der Waals surface area (Å²) in [6.07, 6.45) is 0.163. The van der Waals surface area contributed by atoms with Gasteiger partial charge in [-0.3, -0.25) is 19.5 Å². The standard InChI is InChI=1S/C29H30N4O2S/c1-29(2,3)24-16-14-23(15-17-24)27-31-32-28(33(27)19-22-12-8-5-9-13-22)36-20-26(35)30-25(34)18-21-10-6-4-7-11-21/h4-17H,18-20H2,1-3H3,(H,30,34,35). The minimum Gasteiger partial charge on any atom is -0.298 e. The van der Waals surface area contributed by atoms with E-state index in [9.17, 15) is 9.59 Å². The smallest absolute Gasteiger partial charge is 0.237 e. The third-order valence-electron chi connectivity index (χ3n) is 5.73. The van der Waals surface area contributed by atoms with E-state index in [1.165, 1.54) is 17.3 Å². The van der Waals surface area contributed by atoms with Gasteiger partial charge in [0.25, 0.3) is 0 Å². The van der Waals surface area contributed by atoms with Crippen LogP contribution in [0.4, 0.5) is 0 Å². The molecule has 1 heterocycles. The van der Waals surface area contributed by atoms with Crippen LogP contribution < -0.4 is 5.32 Å². The molecule has 0 unspecified atom stereocenters. The number of hydrogen-bond acceptors (Lipinski definition) is 5. The largest absolute Gasteiger partial charge is 0.298 e. The molecule has 6 nitrogen and oxygen atoms in total. The predicted molar refractivity (Wildman–Crippen MR) is 144 cm³/mol. The number of benzene rings is 3. The number of carbonyl (C=O) groups excluding carboxylic acids is 2. The Balaban J connectivity index is 1.49. The van der Waals surface area contributed by atoms with Crippen molar-refractivity contribution in [3.63, 3.8) is 0 Å². The van der Waals surface area contributed by atoms with E-state index in [1.54, 1.807) is 0 Å². The number of nitrogens with one attached hydrogen (secondary N) is 1. The minimum absolute atomic E-state index is 0.0581. The van der Waals surface area contributed by atoms with Gasteiger partial charge in [-0.25, -0.2) is 0 Å². The molecular formula is C29H30N4O2S. The summed E-state index contributed by atoms with van der Waals surface area (Å²) in [6, 6.07) is 27.8. The lowest BCUT2D eigenvalue weighted by molar-refractivity contribution is -0.128. The number of rotatable bonds is 8. The molecule has 0 atom stereocenters. The molecule has 0 radical (unpaired) electrons. The van der Waals surface area contributed by atoms with Gasteiger partial charge in [0.15, 0.2) is 11.0 Å². The highest BCUT2D eigenvalue weighted by Crippen LogP contribution is 2.28. The lowest BCUT2D eigenvalue weighted by Crippen LogP contribution is -2.33. The average Bonchev–Trinajstić information content (AvgIpc) is 3.25. The van der Waals surface area contributed by atoms with Gasteiger partial charge in [0.2, 0.25) is 11.8 Å². The third-order valence-corrected chi connectivity index (χ3v) is 6.69. The van der Waals surface area contributed by atoms with Crippen LogP contribution in [-0.4, -0.2) is 32.3 Å². The maximum absolute atomic E-state index is 12.5. The summed E-state index contributed by atoms with van der Waals surface area (Å²) in [5, 5.41) is 11.9. The predicted octanol–water partition coefficient (Wildman–Crippen LogP) is 5.27. The van der Waals surface area contributed by atoms with Crippen LogP contribution in [0, 0.1) is 0 Å².